The highest BCUT2D eigenvalue weighted by Gasteiger charge is 2.19. The molecule has 0 unspecified atom stereocenters. The van der Waals surface area contributed by atoms with Gasteiger partial charge in [-0.15, -0.1) is 12.4 Å². The van der Waals surface area contributed by atoms with E-state index in [1.807, 2.05) is 0 Å². The molecule has 0 bridgehead atoms. The summed E-state index contributed by atoms with van der Waals surface area (Å²) in [6, 6.07) is 3.92. The average molecular weight is 301 g/mol. The number of carboxylic acids is 1. The Morgan fingerprint density at radius 3 is 2.57 bits per heavy atom. The largest absolute Gasteiger partial charge is 0.480 e. The minimum atomic E-state index is -1.10. The van der Waals surface area contributed by atoms with Gasteiger partial charge in [0.2, 0.25) is 0 Å². The zero-order valence-corrected chi connectivity index (χ0v) is 10.1. The van der Waals surface area contributed by atoms with Gasteiger partial charge < -0.3 is 10.8 Å². The molecule has 3 N–H and O–H groups in total. The summed E-state index contributed by atoms with van der Waals surface area (Å²) in [5, 5.41) is 9.03. The monoisotopic (exact) mass is 299 g/mol. The molecule has 0 fully saturated rings. The van der Waals surface area contributed by atoms with Crippen molar-refractivity contribution in [3.05, 3.63) is 33.3 Å². The highest BCUT2D eigenvalue weighted by atomic mass is 79.9. The highest BCUT2D eigenvalue weighted by molar-refractivity contribution is 9.10. The number of halogens is 3. The van der Waals surface area contributed by atoms with E-state index >= 15 is 0 Å². The molecule has 78 valence electrons. The lowest BCUT2D eigenvalue weighted by molar-refractivity contribution is -0.138. The number of hydrogen-bond donors (Lipinski definition) is 2. The second-order valence-electron chi connectivity index (χ2n) is 2.45. The Kier molecular flexibility index (Phi) is 5.44. The summed E-state index contributed by atoms with van der Waals surface area (Å²) in [4.78, 5) is 10.6. The molecule has 0 heterocycles. The van der Waals surface area contributed by atoms with Crippen LogP contribution in [-0.2, 0) is 4.79 Å². The second kappa shape index (κ2) is 5.56. The molecule has 3 nitrogen and oxygen atoms in total. The molecule has 1 aromatic carbocycles. The van der Waals surface area contributed by atoms with Gasteiger partial charge in [-0.25, -0.2) is 0 Å². The van der Waals surface area contributed by atoms with Gasteiger partial charge in [0.15, 0.2) is 0 Å². The lowest BCUT2D eigenvalue weighted by atomic mass is 10.1. The van der Waals surface area contributed by atoms with Crippen molar-refractivity contribution in [1.82, 2.24) is 0 Å². The second-order valence-corrected chi connectivity index (χ2v) is 3.71. The van der Waals surface area contributed by atoms with E-state index in [1.54, 1.807) is 18.2 Å². The Hall–Kier alpha value is -0.290. The number of nitrogens with two attached hydrogens (primary N) is 1. The van der Waals surface area contributed by atoms with Crippen LogP contribution in [0.2, 0.25) is 5.02 Å². The Balaban J connectivity index is 0.00000169. The number of carbonyl (C=O) groups is 1. The van der Waals surface area contributed by atoms with E-state index < -0.39 is 12.0 Å². The number of rotatable bonds is 2. The van der Waals surface area contributed by atoms with E-state index in [4.69, 9.17) is 22.4 Å². The molecule has 1 rings (SSSR count). The van der Waals surface area contributed by atoms with Gasteiger partial charge >= 0.3 is 5.97 Å². The van der Waals surface area contributed by atoms with Gasteiger partial charge in [0.05, 0.1) is 0 Å². The fourth-order valence-corrected chi connectivity index (χ4v) is 1.95. The van der Waals surface area contributed by atoms with Gasteiger partial charge in [0.25, 0.3) is 0 Å². The maximum atomic E-state index is 10.6. The summed E-state index contributed by atoms with van der Waals surface area (Å²) >= 11 is 8.98. The van der Waals surface area contributed by atoms with Crippen molar-refractivity contribution in [2.45, 2.75) is 6.04 Å². The van der Waals surface area contributed by atoms with Gasteiger partial charge in [-0.3, -0.25) is 4.79 Å². The first-order chi connectivity index (χ1) is 6.04. The van der Waals surface area contributed by atoms with Crippen LogP contribution < -0.4 is 5.73 Å². The van der Waals surface area contributed by atoms with Crippen molar-refractivity contribution < 1.29 is 9.90 Å². The van der Waals surface area contributed by atoms with Crippen LogP contribution in [0.1, 0.15) is 11.6 Å². The topological polar surface area (TPSA) is 63.3 Å². The first-order valence-corrected chi connectivity index (χ1v) is 4.63. The average Bonchev–Trinajstić information content (AvgIpc) is 2.03. The summed E-state index contributed by atoms with van der Waals surface area (Å²) in [6.07, 6.45) is 0. The van der Waals surface area contributed by atoms with Crippen molar-refractivity contribution in [3.8, 4) is 0 Å². The SMILES string of the molecule is Cl.N[C@@H](C(=O)O)c1c(Cl)cccc1Br. The fourth-order valence-electron chi connectivity index (χ4n) is 0.931. The van der Waals surface area contributed by atoms with E-state index in [-0.39, 0.29) is 12.4 Å². The normalized spacial score (nSPS) is 11.6. The first-order valence-electron chi connectivity index (χ1n) is 3.46. The number of aliphatic carboxylic acids is 1. The van der Waals surface area contributed by atoms with Gasteiger partial charge in [-0.05, 0) is 12.1 Å². The van der Waals surface area contributed by atoms with Crippen LogP contribution in [0.4, 0.5) is 0 Å². The molecule has 14 heavy (non-hydrogen) atoms. The lowest BCUT2D eigenvalue weighted by Gasteiger charge is -2.10. The van der Waals surface area contributed by atoms with Crippen molar-refractivity contribution in [2.24, 2.45) is 5.73 Å². The van der Waals surface area contributed by atoms with Gasteiger partial charge in [0.1, 0.15) is 6.04 Å². The zero-order chi connectivity index (χ0) is 10.0. The molecule has 0 radical (unpaired) electrons. The molecule has 1 atom stereocenters. The maximum absolute atomic E-state index is 10.6. The molecular formula is C8H8BrCl2NO2. The smallest absolute Gasteiger partial charge is 0.325 e. The molecule has 0 aromatic heterocycles. The van der Waals surface area contributed by atoms with E-state index in [1.165, 1.54) is 0 Å². The molecule has 1 aromatic rings. The van der Waals surface area contributed by atoms with Crippen molar-refractivity contribution in [2.75, 3.05) is 0 Å². The Labute approximate surface area is 101 Å². The van der Waals surface area contributed by atoms with E-state index in [0.717, 1.165) is 0 Å². The summed E-state index contributed by atoms with van der Waals surface area (Å²) in [6.45, 7) is 0. The minimum Gasteiger partial charge on any atom is -0.480 e. The van der Waals surface area contributed by atoms with Crippen LogP contribution in [0, 0.1) is 0 Å². The van der Waals surface area contributed by atoms with Crippen LogP contribution in [0.25, 0.3) is 0 Å². The third-order valence-corrected chi connectivity index (χ3v) is 2.60. The summed E-state index contributed by atoms with van der Waals surface area (Å²) in [5.74, 6) is -1.10. The summed E-state index contributed by atoms with van der Waals surface area (Å²) in [5.41, 5.74) is 5.83. The molecule has 0 saturated heterocycles. The minimum absolute atomic E-state index is 0. The summed E-state index contributed by atoms with van der Waals surface area (Å²) in [7, 11) is 0. The number of hydrogen-bond acceptors (Lipinski definition) is 2. The molecule has 0 amide bonds. The van der Waals surface area contributed by atoms with E-state index in [0.29, 0.717) is 15.1 Å². The molecule has 0 saturated carbocycles. The predicted molar refractivity (Wildman–Crippen MR) is 61.0 cm³/mol. The van der Waals surface area contributed by atoms with E-state index in [2.05, 4.69) is 15.9 Å². The highest BCUT2D eigenvalue weighted by Crippen LogP contribution is 2.29. The molecular weight excluding hydrogens is 293 g/mol. The van der Waals surface area contributed by atoms with Crippen LogP contribution in [-0.4, -0.2) is 11.1 Å². The lowest BCUT2D eigenvalue weighted by Crippen LogP contribution is -2.21. The third kappa shape index (κ3) is 2.85. The van der Waals surface area contributed by atoms with Crippen LogP contribution in [0.15, 0.2) is 22.7 Å². The Morgan fingerprint density at radius 2 is 2.14 bits per heavy atom. The van der Waals surface area contributed by atoms with Crippen molar-refractivity contribution >= 4 is 45.9 Å². The van der Waals surface area contributed by atoms with E-state index in [9.17, 15) is 4.79 Å². The maximum Gasteiger partial charge on any atom is 0.325 e. The van der Waals surface area contributed by atoms with Crippen LogP contribution in [0.3, 0.4) is 0 Å². The standard InChI is InChI=1S/C8H7BrClNO2.ClH/c9-4-2-1-3-5(10)6(4)7(11)8(12)13;/h1-3,7H,11H2,(H,12,13);1H/t7-;/m1./s1. The molecule has 0 aliphatic heterocycles. The quantitative estimate of drug-likeness (QED) is 0.882. The predicted octanol–water partition coefficient (Wildman–Crippen LogP) is 2.61. The van der Waals surface area contributed by atoms with Crippen molar-refractivity contribution in [3.63, 3.8) is 0 Å². The Bertz CT molecular complexity index is 326. The van der Waals surface area contributed by atoms with Crippen molar-refractivity contribution in [1.29, 1.82) is 0 Å². The Morgan fingerprint density at radius 1 is 1.57 bits per heavy atom. The van der Waals surface area contributed by atoms with Gasteiger partial charge in [0, 0.05) is 15.1 Å². The van der Waals surface area contributed by atoms with Crippen LogP contribution in [0.5, 0.6) is 0 Å². The van der Waals surface area contributed by atoms with Gasteiger partial charge in [-0.1, -0.05) is 33.6 Å². The van der Waals surface area contributed by atoms with Crippen LogP contribution >= 0.6 is 39.9 Å². The molecule has 0 spiro atoms. The number of benzene rings is 1. The zero-order valence-electron chi connectivity index (χ0n) is 6.91. The fraction of sp³-hybridized carbons (Fsp3) is 0.125. The third-order valence-electron chi connectivity index (χ3n) is 1.58. The van der Waals surface area contributed by atoms with Gasteiger partial charge in [-0.2, -0.15) is 0 Å². The molecule has 0 aliphatic rings. The molecule has 6 heteroatoms. The summed E-state index contributed by atoms with van der Waals surface area (Å²) < 4.78 is 0.606. The number of carboxylic acid groups (broad SMARTS) is 1. The first kappa shape index (κ1) is 13.7. The molecule has 0 aliphatic carbocycles.